The zero-order valence-electron chi connectivity index (χ0n) is 16.2. The zero-order chi connectivity index (χ0) is 19.7. The Hall–Kier alpha value is -2.80. The molecule has 28 heavy (non-hydrogen) atoms. The average Bonchev–Trinajstić information content (AvgIpc) is 3.29. The van der Waals surface area contributed by atoms with Crippen molar-refractivity contribution in [2.45, 2.75) is 13.3 Å². The monoisotopic (exact) mass is 381 g/mol. The minimum Gasteiger partial charge on any atom is -0.331 e. The van der Waals surface area contributed by atoms with E-state index in [0.717, 1.165) is 40.8 Å². The van der Waals surface area contributed by atoms with E-state index in [4.69, 9.17) is 0 Å². The molecule has 3 aromatic rings. The predicted molar refractivity (Wildman–Crippen MR) is 108 cm³/mol. The SMILES string of the molecule is Cc1ncc(-c2ccc3cnc(NC(=O)C4CCN(CCF)C4)cc3c2)n1C. The van der Waals surface area contributed by atoms with Gasteiger partial charge in [-0.1, -0.05) is 12.1 Å². The first kappa shape index (κ1) is 18.6. The fourth-order valence-electron chi connectivity index (χ4n) is 3.74. The molecule has 1 aromatic carbocycles. The summed E-state index contributed by atoms with van der Waals surface area (Å²) >= 11 is 0. The first-order valence-corrected chi connectivity index (χ1v) is 9.53. The van der Waals surface area contributed by atoms with Crippen LogP contribution in [0.5, 0.6) is 0 Å². The van der Waals surface area contributed by atoms with Gasteiger partial charge >= 0.3 is 0 Å². The Balaban J connectivity index is 1.54. The maximum atomic E-state index is 12.6. The topological polar surface area (TPSA) is 63.1 Å². The number of aromatic nitrogens is 3. The molecule has 146 valence electrons. The van der Waals surface area contributed by atoms with Gasteiger partial charge in [-0.15, -0.1) is 0 Å². The Kier molecular flexibility index (Phi) is 5.09. The van der Waals surface area contributed by atoms with Gasteiger partial charge in [0.1, 0.15) is 18.3 Å². The molecule has 0 spiro atoms. The Morgan fingerprint density at radius 1 is 1.25 bits per heavy atom. The van der Waals surface area contributed by atoms with Crippen molar-refractivity contribution in [1.82, 2.24) is 19.4 Å². The summed E-state index contributed by atoms with van der Waals surface area (Å²) in [6.45, 7) is 3.36. The third-order valence-corrected chi connectivity index (χ3v) is 5.53. The highest BCUT2D eigenvalue weighted by molar-refractivity contribution is 5.95. The molecule has 0 radical (unpaired) electrons. The summed E-state index contributed by atoms with van der Waals surface area (Å²) in [4.78, 5) is 23.3. The molecule has 0 saturated carbocycles. The van der Waals surface area contributed by atoms with Crippen molar-refractivity contribution in [2.24, 2.45) is 13.0 Å². The van der Waals surface area contributed by atoms with Crippen LogP contribution in [-0.4, -0.2) is 51.7 Å². The Morgan fingerprint density at radius 2 is 2.11 bits per heavy atom. The highest BCUT2D eigenvalue weighted by Crippen LogP contribution is 2.26. The molecule has 1 unspecified atom stereocenters. The molecular weight excluding hydrogens is 357 g/mol. The van der Waals surface area contributed by atoms with Crippen LogP contribution in [0.3, 0.4) is 0 Å². The summed E-state index contributed by atoms with van der Waals surface area (Å²) in [5.41, 5.74) is 2.11. The van der Waals surface area contributed by atoms with Gasteiger partial charge in [0, 0.05) is 37.3 Å². The molecular formula is C21H24FN5O. The predicted octanol–water partition coefficient (Wildman–Crippen LogP) is 3.17. The number of rotatable bonds is 5. The van der Waals surface area contributed by atoms with Gasteiger partial charge in [-0.2, -0.15) is 0 Å². The van der Waals surface area contributed by atoms with E-state index in [0.29, 0.717) is 18.9 Å². The fourth-order valence-corrected chi connectivity index (χ4v) is 3.74. The summed E-state index contributed by atoms with van der Waals surface area (Å²) in [6, 6.07) is 8.06. The van der Waals surface area contributed by atoms with Crippen LogP contribution in [0.1, 0.15) is 12.2 Å². The summed E-state index contributed by atoms with van der Waals surface area (Å²) in [5.74, 6) is 1.33. The summed E-state index contributed by atoms with van der Waals surface area (Å²) in [7, 11) is 1.99. The number of aryl methyl sites for hydroxylation is 1. The van der Waals surface area contributed by atoms with E-state index in [-0.39, 0.29) is 18.5 Å². The number of hydrogen-bond acceptors (Lipinski definition) is 4. The first-order valence-electron chi connectivity index (χ1n) is 9.53. The van der Waals surface area contributed by atoms with E-state index in [1.807, 2.05) is 41.8 Å². The molecule has 1 saturated heterocycles. The molecule has 1 aliphatic rings. The molecule has 0 aliphatic carbocycles. The van der Waals surface area contributed by atoms with E-state index in [9.17, 15) is 9.18 Å². The molecule has 1 fully saturated rings. The number of amides is 1. The van der Waals surface area contributed by atoms with Crippen molar-refractivity contribution in [3.8, 4) is 11.3 Å². The Morgan fingerprint density at radius 3 is 2.86 bits per heavy atom. The average molecular weight is 381 g/mol. The van der Waals surface area contributed by atoms with Crippen molar-refractivity contribution < 1.29 is 9.18 Å². The third kappa shape index (κ3) is 3.62. The van der Waals surface area contributed by atoms with Crippen molar-refractivity contribution in [1.29, 1.82) is 0 Å². The second kappa shape index (κ2) is 7.67. The maximum absolute atomic E-state index is 12.6. The van der Waals surface area contributed by atoms with Crippen LogP contribution in [-0.2, 0) is 11.8 Å². The lowest BCUT2D eigenvalue weighted by atomic mass is 10.1. The number of hydrogen-bond donors (Lipinski definition) is 1. The third-order valence-electron chi connectivity index (χ3n) is 5.53. The second-order valence-corrected chi connectivity index (χ2v) is 7.35. The quantitative estimate of drug-likeness (QED) is 0.737. The number of pyridine rings is 1. The number of benzene rings is 1. The van der Waals surface area contributed by atoms with Gasteiger partial charge in [0.05, 0.1) is 17.8 Å². The number of anilines is 1. The van der Waals surface area contributed by atoms with E-state index in [1.54, 1.807) is 6.20 Å². The molecule has 2 aromatic heterocycles. The molecule has 7 heteroatoms. The van der Waals surface area contributed by atoms with Crippen molar-refractivity contribution in [3.05, 3.63) is 42.5 Å². The van der Waals surface area contributed by atoms with Gasteiger partial charge in [-0.25, -0.2) is 14.4 Å². The van der Waals surface area contributed by atoms with E-state index < -0.39 is 0 Å². The first-order chi connectivity index (χ1) is 13.5. The number of halogens is 1. The van der Waals surface area contributed by atoms with Crippen LogP contribution in [0.25, 0.3) is 22.0 Å². The molecule has 1 aliphatic heterocycles. The van der Waals surface area contributed by atoms with Gasteiger partial charge in [-0.05, 0) is 37.4 Å². The van der Waals surface area contributed by atoms with E-state index >= 15 is 0 Å². The van der Waals surface area contributed by atoms with Crippen LogP contribution in [0.2, 0.25) is 0 Å². The normalized spacial score (nSPS) is 17.3. The largest absolute Gasteiger partial charge is 0.331 e. The maximum Gasteiger partial charge on any atom is 0.229 e. The van der Waals surface area contributed by atoms with Crippen LogP contribution < -0.4 is 5.32 Å². The molecule has 3 heterocycles. The molecule has 1 N–H and O–H groups in total. The standard InChI is InChI=1S/C21H24FN5O/c1-14-23-12-19(26(14)2)15-3-4-16-11-24-20(10-18(16)9-15)25-21(28)17-5-7-27(13-17)8-6-22/h3-4,9-12,17H,5-8,13H2,1-2H3,(H,24,25,28). The number of carbonyl (C=O) groups excluding carboxylic acids is 1. The van der Waals surface area contributed by atoms with Crippen LogP contribution >= 0.6 is 0 Å². The molecule has 0 bridgehead atoms. The minimum absolute atomic E-state index is 0.0494. The smallest absolute Gasteiger partial charge is 0.229 e. The summed E-state index contributed by atoms with van der Waals surface area (Å²) < 4.78 is 14.5. The lowest BCUT2D eigenvalue weighted by Crippen LogP contribution is -2.28. The number of likely N-dealkylation sites (tertiary alicyclic amines) is 1. The van der Waals surface area contributed by atoms with Gasteiger partial charge in [0.25, 0.3) is 0 Å². The van der Waals surface area contributed by atoms with E-state index in [1.165, 1.54) is 0 Å². The number of nitrogens with zero attached hydrogens (tertiary/aromatic N) is 4. The summed E-state index contributed by atoms with van der Waals surface area (Å²) in [6.07, 6.45) is 4.39. The highest BCUT2D eigenvalue weighted by Gasteiger charge is 2.28. The lowest BCUT2D eigenvalue weighted by Gasteiger charge is -2.14. The van der Waals surface area contributed by atoms with E-state index in [2.05, 4.69) is 27.4 Å². The van der Waals surface area contributed by atoms with Crippen LogP contribution in [0.15, 0.2) is 36.7 Å². The second-order valence-electron chi connectivity index (χ2n) is 7.35. The van der Waals surface area contributed by atoms with Crippen molar-refractivity contribution >= 4 is 22.5 Å². The van der Waals surface area contributed by atoms with Crippen LogP contribution in [0, 0.1) is 12.8 Å². The van der Waals surface area contributed by atoms with Crippen molar-refractivity contribution in [2.75, 3.05) is 31.6 Å². The van der Waals surface area contributed by atoms with Gasteiger partial charge in [0.15, 0.2) is 0 Å². The molecule has 6 nitrogen and oxygen atoms in total. The Bertz CT molecular complexity index is 1020. The minimum atomic E-state index is -0.376. The molecule has 1 atom stereocenters. The fraction of sp³-hybridized carbons (Fsp3) is 0.381. The van der Waals surface area contributed by atoms with Gasteiger partial charge < -0.3 is 9.88 Å². The number of alkyl halides is 1. The molecule has 4 rings (SSSR count). The van der Waals surface area contributed by atoms with Crippen LogP contribution in [0.4, 0.5) is 10.2 Å². The highest BCUT2D eigenvalue weighted by atomic mass is 19.1. The molecule has 1 amide bonds. The number of imidazole rings is 1. The number of carbonyl (C=O) groups is 1. The van der Waals surface area contributed by atoms with Crippen molar-refractivity contribution in [3.63, 3.8) is 0 Å². The lowest BCUT2D eigenvalue weighted by molar-refractivity contribution is -0.119. The summed E-state index contributed by atoms with van der Waals surface area (Å²) in [5, 5.41) is 4.94. The number of fused-ring (bicyclic) bond motifs is 1. The van der Waals surface area contributed by atoms with Gasteiger partial charge in [0.2, 0.25) is 5.91 Å². The van der Waals surface area contributed by atoms with Gasteiger partial charge in [-0.3, -0.25) is 9.69 Å². The zero-order valence-corrected chi connectivity index (χ0v) is 16.2. The Labute approximate surface area is 163 Å². The number of nitrogens with one attached hydrogen (secondary N) is 1.